The van der Waals surface area contributed by atoms with Gasteiger partial charge in [-0.05, 0) is 31.4 Å². The molecule has 1 heteroatoms. The van der Waals surface area contributed by atoms with Crippen molar-refractivity contribution < 1.29 is 0 Å². The zero-order valence-corrected chi connectivity index (χ0v) is 11.2. The lowest BCUT2D eigenvalue weighted by molar-refractivity contribution is 0.320. The minimum Gasteiger partial charge on any atom is -0.299 e. The lowest BCUT2D eigenvalue weighted by Crippen LogP contribution is -2.19. The summed E-state index contributed by atoms with van der Waals surface area (Å²) < 4.78 is 0. The molecule has 0 aliphatic carbocycles. The summed E-state index contributed by atoms with van der Waals surface area (Å²) in [5.74, 6) is 0.889. The molecular formula is C15H25N. The quantitative estimate of drug-likeness (QED) is 0.730. The minimum atomic E-state index is 0.889. The van der Waals surface area contributed by atoms with Crippen LogP contribution in [0, 0.1) is 12.8 Å². The van der Waals surface area contributed by atoms with E-state index in [1.165, 1.54) is 30.6 Å². The van der Waals surface area contributed by atoms with Crippen LogP contribution < -0.4 is 0 Å². The predicted octanol–water partition coefficient (Wildman–Crippen LogP) is 3.86. The van der Waals surface area contributed by atoms with Gasteiger partial charge in [-0.15, -0.1) is 0 Å². The first-order chi connectivity index (χ1) is 7.74. The highest BCUT2D eigenvalue weighted by Crippen LogP contribution is 2.17. The molecule has 0 radical (unpaired) electrons. The van der Waals surface area contributed by atoms with Gasteiger partial charge in [0.2, 0.25) is 0 Å². The Morgan fingerprint density at radius 2 is 1.81 bits per heavy atom. The third-order valence-corrected chi connectivity index (χ3v) is 3.03. The lowest BCUT2D eigenvalue weighted by atomic mass is 10.1. The largest absolute Gasteiger partial charge is 0.299 e. The van der Waals surface area contributed by atoms with Crippen LogP contribution in [-0.4, -0.2) is 18.0 Å². The Hall–Kier alpha value is -0.820. The first kappa shape index (κ1) is 13.2. The van der Waals surface area contributed by atoms with E-state index < -0.39 is 0 Å². The second-order valence-corrected chi connectivity index (χ2v) is 4.61. The average molecular weight is 219 g/mol. The summed E-state index contributed by atoms with van der Waals surface area (Å²) in [5, 5.41) is 0. The summed E-state index contributed by atoms with van der Waals surface area (Å²) in [7, 11) is 0. The zero-order valence-electron chi connectivity index (χ0n) is 11.2. The fourth-order valence-electron chi connectivity index (χ4n) is 2.12. The Balaban J connectivity index is 0.000000606. The SMILES string of the molecule is CC.Cc1ccc(CN2CCC(C)C2)cc1. The molecule has 1 unspecified atom stereocenters. The molecule has 1 aliphatic heterocycles. The molecule has 1 nitrogen and oxygen atoms in total. The molecule has 0 spiro atoms. The molecule has 0 bridgehead atoms. The van der Waals surface area contributed by atoms with Gasteiger partial charge in [-0.3, -0.25) is 4.90 Å². The summed E-state index contributed by atoms with van der Waals surface area (Å²) in [6.07, 6.45) is 1.37. The number of rotatable bonds is 2. The van der Waals surface area contributed by atoms with Crippen molar-refractivity contribution in [3.63, 3.8) is 0 Å². The van der Waals surface area contributed by atoms with Crippen molar-refractivity contribution >= 4 is 0 Å². The van der Waals surface area contributed by atoms with Gasteiger partial charge in [0.05, 0.1) is 0 Å². The predicted molar refractivity (Wildman–Crippen MR) is 71.6 cm³/mol. The highest BCUT2D eigenvalue weighted by Gasteiger charge is 2.17. The third-order valence-electron chi connectivity index (χ3n) is 3.03. The Kier molecular flexibility index (Phi) is 5.54. The molecule has 0 saturated carbocycles. The molecule has 0 amide bonds. The summed E-state index contributed by atoms with van der Waals surface area (Å²) in [6.45, 7) is 12.2. The Labute approximate surface area is 100 Å². The van der Waals surface area contributed by atoms with Crippen molar-refractivity contribution in [3.05, 3.63) is 35.4 Å². The van der Waals surface area contributed by atoms with E-state index in [1.807, 2.05) is 13.8 Å². The van der Waals surface area contributed by atoms with Gasteiger partial charge >= 0.3 is 0 Å². The number of hydrogen-bond donors (Lipinski definition) is 0. The molecule has 16 heavy (non-hydrogen) atoms. The van der Waals surface area contributed by atoms with E-state index in [-0.39, 0.29) is 0 Å². The number of benzene rings is 1. The van der Waals surface area contributed by atoms with Gasteiger partial charge in [0, 0.05) is 13.1 Å². The van der Waals surface area contributed by atoms with E-state index >= 15 is 0 Å². The number of aryl methyl sites for hydroxylation is 1. The second-order valence-electron chi connectivity index (χ2n) is 4.61. The average Bonchev–Trinajstić information content (AvgIpc) is 2.70. The van der Waals surface area contributed by atoms with Crippen LogP contribution in [0.3, 0.4) is 0 Å². The monoisotopic (exact) mass is 219 g/mol. The van der Waals surface area contributed by atoms with Crippen LogP contribution >= 0.6 is 0 Å². The molecule has 1 saturated heterocycles. The maximum Gasteiger partial charge on any atom is 0.0233 e. The van der Waals surface area contributed by atoms with E-state index in [1.54, 1.807) is 0 Å². The molecule has 1 aromatic rings. The van der Waals surface area contributed by atoms with Crippen LogP contribution in [0.4, 0.5) is 0 Å². The standard InChI is InChI=1S/C13H19N.C2H6/c1-11-3-5-13(6-4-11)10-14-8-7-12(2)9-14;1-2/h3-6,12H,7-10H2,1-2H3;1-2H3. The normalized spacial score (nSPS) is 20.4. The molecule has 0 N–H and O–H groups in total. The van der Waals surface area contributed by atoms with Gasteiger partial charge < -0.3 is 0 Å². The molecule has 2 rings (SSSR count). The van der Waals surface area contributed by atoms with E-state index in [0.29, 0.717) is 0 Å². The van der Waals surface area contributed by atoms with E-state index in [0.717, 1.165) is 12.5 Å². The highest BCUT2D eigenvalue weighted by atomic mass is 15.1. The van der Waals surface area contributed by atoms with Crippen LogP contribution in [0.15, 0.2) is 24.3 Å². The van der Waals surface area contributed by atoms with Crippen LogP contribution in [0.5, 0.6) is 0 Å². The maximum absolute atomic E-state index is 2.55. The first-order valence-electron chi connectivity index (χ1n) is 6.52. The Morgan fingerprint density at radius 3 is 2.31 bits per heavy atom. The van der Waals surface area contributed by atoms with Crippen LogP contribution in [-0.2, 0) is 6.54 Å². The van der Waals surface area contributed by atoms with Crippen molar-refractivity contribution in [1.29, 1.82) is 0 Å². The first-order valence-corrected chi connectivity index (χ1v) is 6.52. The zero-order chi connectivity index (χ0) is 12.0. The van der Waals surface area contributed by atoms with E-state index in [4.69, 9.17) is 0 Å². The van der Waals surface area contributed by atoms with Crippen molar-refractivity contribution in [2.75, 3.05) is 13.1 Å². The van der Waals surface area contributed by atoms with Gasteiger partial charge in [0.1, 0.15) is 0 Å². The molecule has 1 aliphatic rings. The number of hydrogen-bond acceptors (Lipinski definition) is 1. The summed E-state index contributed by atoms with van der Waals surface area (Å²) in [4.78, 5) is 2.55. The smallest absolute Gasteiger partial charge is 0.0233 e. The summed E-state index contributed by atoms with van der Waals surface area (Å²) in [5.41, 5.74) is 2.80. The topological polar surface area (TPSA) is 3.24 Å². The van der Waals surface area contributed by atoms with Crippen LogP contribution in [0.1, 0.15) is 38.3 Å². The fourth-order valence-corrected chi connectivity index (χ4v) is 2.12. The van der Waals surface area contributed by atoms with Gasteiger partial charge in [0.15, 0.2) is 0 Å². The minimum absolute atomic E-state index is 0.889. The Morgan fingerprint density at radius 1 is 1.19 bits per heavy atom. The van der Waals surface area contributed by atoms with Gasteiger partial charge in [-0.1, -0.05) is 50.6 Å². The summed E-state index contributed by atoms with van der Waals surface area (Å²) >= 11 is 0. The van der Waals surface area contributed by atoms with E-state index in [2.05, 4.69) is 43.0 Å². The lowest BCUT2D eigenvalue weighted by Gasteiger charge is -2.15. The fraction of sp³-hybridized carbons (Fsp3) is 0.600. The maximum atomic E-state index is 2.55. The van der Waals surface area contributed by atoms with Gasteiger partial charge in [0.25, 0.3) is 0 Å². The Bertz CT molecular complexity index is 289. The summed E-state index contributed by atoms with van der Waals surface area (Å²) in [6, 6.07) is 8.90. The molecule has 1 fully saturated rings. The van der Waals surface area contributed by atoms with Crippen LogP contribution in [0.25, 0.3) is 0 Å². The van der Waals surface area contributed by atoms with Gasteiger partial charge in [-0.25, -0.2) is 0 Å². The molecule has 1 atom stereocenters. The van der Waals surface area contributed by atoms with Crippen molar-refractivity contribution in [3.8, 4) is 0 Å². The molecule has 1 heterocycles. The molecule has 0 aromatic heterocycles. The molecule has 90 valence electrons. The van der Waals surface area contributed by atoms with Crippen molar-refractivity contribution in [2.45, 2.75) is 40.7 Å². The number of nitrogens with zero attached hydrogens (tertiary/aromatic N) is 1. The van der Waals surface area contributed by atoms with Crippen molar-refractivity contribution in [2.24, 2.45) is 5.92 Å². The van der Waals surface area contributed by atoms with Gasteiger partial charge in [-0.2, -0.15) is 0 Å². The third kappa shape index (κ3) is 3.97. The van der Waals surface area contributed by atoms with Crippen molar-refractivity contribution in [1.82, 2.24) is 4.90 Å². The molecule has 1 aromatic carbocycles. The second kappa shape index (κ2) is 6.70. The molecular weight excluding hydrogens is 194 g/mol. The van der Waals surface area contributed by atoms with E-state index in [9.17, 15) is 0 Å². The van der Waals surface area contributed by atoms with Crippen LogP contribution in [0.2, 0.25) is 0 Å². The number of likely N-dealkylation sites (tertiary alicyclic amines) is 1. The highest BCUT2D eigenvalue weighted by molar-refractivity contribution is 5.21.